The van der Waals surface area contributed by atoms with Gasteiger partial charge in [0.05, 0.1) is 19.6 Å². The minimum atomic E-state index is -1.01. The number of hydrogen-bond donors (Lipinski definition) is 1. The van der Waals surface area contributed by atoms with Gasteiger partial charge in [-0.3, -0.25) is 4.79 Å². The smallest absolute Gasteiger partial charge is 0.313 e. The van der Waals surface area contributed by atoms with Gasteiger partial charge in [-0.25, -0.2) is 0 Å². The second-order valence-corrected chi connectivity index (χ2v) is 4.00. The lowest BCUT2D eigenvalue weighted by Crippen LogP contribution is -2.29. The summed E-state index contributed by atoms with van der Waals surface area (Å²) in [6.45, 7) is 3.26. The summed E-state index contributed by atoms with van der Waals surface area (Å²) in [5.74, 6) is 0.261. The molecule has 1 N–H and O–H groups in total. The molecule has 0 heterocycles. The van der Waals surface area contributed by atoms with Crippen LogP contribution in [-0.2, 0) is 10.2 Å². The van der Waals surface area contributed by atoms with Crippen LogP contribution in [0.1, 0.15) is 19.4 Å². The first-order chi connectivity index (χ1) is 7.43. The Balaban J connectivity index is 3.34. The maximum atomic E-state index is 11.2. The lowest BCUT2D eigenvalue weighted by molar-refractivity contribution is -0.142. The predicted octanol–water partition coefficient (Wildman–Crippen LogP) is 2.07. The summed E-state index contributed by atoms with van der Waals surface area (Å²) in [5, 5.41) is 9.18. The number of carboxylic acids is 1. The Morgan fingerprint density at radius 2 is 1.88 bits per heavy atom. The van der Waals surface area contributed by atoms with Crippen molar-refractivity contribution in [3.63, 3.8) is 0 Å². The molecule has 0 spiro atoms. The fourth-order valence-corrected chi connectivity index (χ4v) is 1.42. The van der Waals surface area contributed by atoms with Gasteiger partial charge in [0, 0.05) is 5.56 Å². The van der Waals surface area contributed by atoms with Crippen LogP contribution in [0.25, 0.3) is 0 Å². The van der Waals surface area contributed by atoms with E-state index in [1.54, 1.807) is 39.2 Å². The summed E-state index contributed by atoms with van der Waals surface area (Å²) < 4.78 is 10.2. The molecular formula is C12H16O4. The third kappa shape index (κ3) is 2.10. The van der Waals surface area contributed by atoms with Gasteiger partial charge in [-0.05, 0) is 32.0 Å². The second-order valence-electron chi connectivity index (χ2n) is 4.00. The Labute approximate surface area is 94.8 Å². The van der Waals surface area contributed by atoms with E-state index in [9.17, 15) is 9.90 Å². The molecule has 4 heteroatoms. The highest BCUT2D eigenvalue weighted by molar-refractivity contribution is 5.81. The van der Waals surface area contributed by atoms with Crippen LogP contribution >= 0.6 is 0 Å². The zero-order chi connectivity index (χ0) is 12.3. The molecule has 16 heavy (non-hydrogen) atoms. The average Bonchev–Trinajstić information content (AvgIpc) is 2.27. The van der Waals surface area contributed by atoms with Crippen molar-refractivity contribution in [2.45, 2.75) is 19.3 Å². The van der Waals surface area contributed by atoms with Gasteiger partial charge in [0.15, 0.2) is 0 Å². The number of methoxy groups -OCH3 is 2. The topological polar surface area (TPSA) is 55.8 Å². The van der Waals surface area contributed by atoms with E-state index in [0.29, 0.717) is 17.1 Å². The zero-order valence-corrected chi connectivity index (χ0v) is 9.90. The lowest BCUT2D eigenvalue weighted by atomic mass is 9.84. The summed E-state index contributed by atoms with van der Waals surface area (Å²) in [6, 6.07) is 5.13. The maximum Gasteiger partial charge on any atom is 0.313 e. The highest BCUT2D eigenvalue weighted by atomic mass is 16.5. The van der Waals surface area contributed by atoms with Gasteiger partial charge < -0.3 is 14.6 Å². The third-order valence-corrected chi connectivity index (χ3v) is 2.61. The molecular weight excluding hydrogens is 208 g/mol. The molecule has 4 nitrogen and oxygen atoms in total. The molecule has 0 aliphatic heterocycles. The van der Waals surface area contributed by atoms with Crippen molar-refractivity contribution < 1.29 is 19.4 Å². The second kappa shape index (κ2) is 4.43. The summed E-state index contributed by atoms with van der Waals surface area (Å²) in [7, 11) is 3.06. The highest BCUT2D eigenvalue weighted by Crippen LogP contribution is 2.34. The molecule has 0 saturated carbocycles. The zero-order valence-electron chi connectivity index (χ0n) is 9.90. The van der Waals surface area contributed by atoms with Crippen LogP contribution in [0.15, 0.2) is 18.2 Å². The largest absolute Gasteiger partial charge is 0.497 e. The molecule has 0 amide bonds. The molecule has 0 atom stereocenters. The Morgan fingerprint density at radius 1 is 1.25 bits per heavy atom. The first-order valence-corrected chi connectivity index (χ1v) is 4.89. The molecule has 1 aromatic rings. The molecule has 0 fully saturated rings. The van der Waals surface area contributed by atoms with Crippen molar-refractivity contribution in [3.8, 4) is 11.5 Å². The normalized spacial score (nSPS) is 11.0. The van der Waals surface area contributed by atoms with Crippen molar-refractivity contribution in [1.29, 1.82) is 0 Å². The minimum absolute atomic E-state index is 0.549. The number of benzene rings is 1. The Kier molecular flexibility index (Phi) is 3.42. The lowest BCUT2D eigenvalue weighted by Gasteiger charge is -2.22. The number of carboxylic acid groups (broad SMARTS) is 1. The molecule has 1 aromatic carbocycles. The minimum Gasteiger partial charge on any atom is -0.497 e. The van der Waals surface area contributed by atoms with E-state index in [4.69, 9.17) is 9.47 Å². The van der Waals surface area contributed by atoms with Crippen molar-refractivity contribution >= 4 is 5.97 Å². The fraction of sp³-hybridized carbons (Fsp3) is 0.417. The number of ether oxygens (including phenoxy) is 2. The number of hydrogen-bond acceptors (Lipinski definition) is 3. The van der Waals surface area contributed by atoms with Gasteiger partial charge in [-0.15, -0.1) is 0 Å². The monoisotopic (exact) mass is 224 g/mol. The van der Waals surface area contributed by atoms with Gasteiger partial charge in [0.2, 0.25) is 0 Å². The first kappa shape index (κ1) is 12.4. The summed E-state index contributed by atoms with van der Waals surface area (Å²) in [5.41, 5.74) is -0.415. The molecule has 0 saturated heterocycles. The van der Waals surface area contributed by atoms with Crippen LogP contribution in [-0.4, -0.2) is 25.3 Å². The van der Waals surface area contributed by atoms with Crippen LogP contribution < -0.4 is 9.47 Å². The Morgan fingerprint density at radius 3 is 2.31 bits per heavy atom. The van der Waals surface area contributed by atoms with Crippen molar-refractivity contribution in [2.75, 3.05) is 14.2 Å². The average molecular weight is 224 g/mol. The van der Waals surface area contributed by atoms with Crippen molar-refractivity contribution in [2.24, 2.45) is 0 Å². The Bertz CT molecular complexity index is 396. The van der Waals surface area contributed by atoms with E-state index in [-0.39, 0.29) is 0 Å². The molecule has 0 unspecified atom stereocenters. The van der Waals surface area contributed by atoms with Crippen molar-refractivity contribution in [3.05, 3.63) is 23.8 Å². The van der Waals surface area contributed by atoms with Gasteiger partial charge in [0.1, 0.15) is 11.5 Å². The molecule has 88 valence electrons. The maximum absolute atomic E-state index is 11.2. The standard InChI is InChI=1S/C12H16O4/c1-12(2,11(13)14)9-7-8(15-3)5-6-10(9)16-4/h5-7H,1-4H3,(H,13,14). The SMILES string of the molecule is COc1ccc(OC)c(C(C)(C)C(=O)O)c1. The van der Waals surface area contributed by atoms with Crippen LogP contribution in [0.4, 0.5) is 0 Å². The first-order valence-electron chi connectivity index (χ1n) is 4.89. The third-order valence-electron chi connectivity index (χ3n) is 2.61. The van der Waals surface area contributed by atoms with E-state index in [1.807, 2.05) is 0 Å². The fourth-order valence-electron chi connectivity index (χ4n) is 1.42. The predicted molar refractivity (Wildman–Crippen MR) is 60.2 cm³/mol. The Hall–Kier alpha value is -1.71. The van der Waals surface area contributed by atoms with Gasteiger partial charge in [0.25, 0.3) is 0 Å². The molecule has 0 bridgehead atoms. The number of carbonyl (C=O) groups is 1. The van der Waals surface area contributed by atoms with Crippen LogP contribution in [0.2, 0.25) is 0 Å². The molecule has 0 radical (unpaired) electrons. The van der Waals surface area contributed by atoms with Crippen LogP contribution in [0.5, 0.6) is 11.5 Å². The molecule has 1 rings (SSSR count). The van der Waals surface area contributed by atoms with Crippen LogP contribution in [0, 0.1) is 0 Å². The summed E-state index contributed by atoms with van der Waals surface area (Å²) in [6.07, 6.45) is 0. The summed E-state index contributed by atoms with van der Waals surface area (Å²) in [4.78, 5) is 11.2. The molecule has 0 aliphatic carbocycles. The van der Waals surface area contributed by atoms with Gasteiger partial charge >= 0.3 is 5.97 Å². The quantitative estimate of drug-likeness (QED) is 0.850. The number of rotatable bonds is 4. The van der Waals surface area contributed by atoms with E-state index in [0.717, 1.165) is 0 Å². The summed E-state index contributed by atoms with van der Waals surface area (Å²) >= 11 is 0. The highest BCUT2D eigenvalue weighted by Gasteiger charge is 2.32. The van der Waals surface area contributed by atoms with E-state index in [1.165, 1.54) is 7.11 Å². The van der Waals surface area contributed by atoms with Gasteiger partial charge in [-0.2, -0.15) is 0 Å². The van der Waals surface area contributed by atoms with E-state index in [2.05, 4.69) is 0 Å². The van der Waals surface area contributed by atoms with E-state index >= 15 is 0 Å². The van der Waals surface area contributed by atoms with Crippen LogP contribution in [0.3, 0.4) is 0 Å². The molecule has 0 aliphatic rings. The molecule has 0 aromatic heterocycles. The van der Waals surface area contributed by atoms with E-state index < -0.39 is 11.4 Å². The van der Waals surface area contributed by atoms with Crippen molar-refractivity contribution in [1.82, 2.24) is 0 Å². The van der Waals surface area contributed by atoms with Gasteiger partial charge in [-0.1, -0.05) is 0 Å². The number of aliphatic carboxylic acids is 1.